The van der Waals surface area contributed by atoms with Crippen LogP contribution in [0.25, 0.3) is 0 Å². The lowest BCUT2D eigenvalue weighted by Crippen LogP contribution is -2.55. The first-order valence-corrected chi connectivity index (χ1v) is 12.7. The number of nitrogens with zero attached hydrogens (tertiary/aromatic N) is 2. The van der Waals surface area contributed by atoms with Gasteiger partial charge < -0.3 is 18.9 Å². The number of thiophene rings is 1. The summed E-state index contributed by atoms with van der Waals surface area (Å²) in [7, 11) is -4.30. The molecule has 31 heavy (non-hydrogen) atoms. The van der Waals surface area contributed by atoms with Crippen LogP contribution in [0.5, 0.6) is 0 Å². The molecule has 3 heterocycles. The van der Waals surface area contributed by atoms with Gasteiger partial charge in [0, 0.05) is 30.5 Å². The van der Waals surface area contributed by atoms with Crippen LogP contribution in [-0.2, 0) is 24.1 Å². The lowest BCUT2D eigenvalue weighted by Gasteiger charge is -2.39. The molecule has 0 saturated carbocycles. The second-order valence-electron chi connectivity index (χ2n) is 10.1. The quantitative estimate of drug-likeness (QED) is 0.629. The van der Waals surface area contributed by atoms with Gasteiger partial charge in [0.1, 0.15) is 9.81 Å². The Bertz CT molecular complexity index is 922. The van der Waals surface area contributed by atoms with Gasteiger partial charge in [-0.3, -0.25) is 0 Å². The number of piperazine rings is 1. The molecule has 0 N–H and O–H groups in total. The molecule has 11 heteroatoms. The number of amides is 1. The maximum atomic E-state index is 13.3. The van der Waals surface area contributed by atoms with Gasteiger partial charge in [-0.05, 0) is 61.5 Å². The molecule has 2 fully saturated rings. The highest BCUT2D eigenvalue weighted by atomic mass is 32.2. The first kappa shape index (κ1) is 24.5. The second kappa shape index (κ2) is 8.02. The van der Waals surface area contributed by atoms with E-state index < -0.39 is 40.0 Å². The third-order valence-electron chi connectivity index (χ3n) is 5.87. The Morgan fingerprint density at radius 3 is 2.26 bits per heavy atom. The molecule has 2 saturated heterocycles. The summed E-state index contributed by atoms with van der Waals surface area (Å²) in [5, 5.41) is 0. The van der Waals surface area contributed by atoms with E-state index in [0.29, 0.717) is 0 Å². The summed E-state index contributed by atoms with van der Waals surface area (Å²) in [5.41, 5.74) is -1.58. The van der Waals surface area contributed by atoms with Crippen LogP contribution in [0.4, 0.5) is 4.79 Å². The predicted octanol–water partition coefficient (Wildman–Crippen LogP) is 2.68. The largest absolute Gasteiger partial charge is 0.505 e. The first-order valence-electron chi connectivity index (χ1n) is 10.5. The molecule has 1 atom stereocenters. The molecule has 0 bridgehead atoms. The summed E-state index contributed by atoms with van der Waals surface area (Å²) in [6.45, 7) is 15.9. The molecule has 1 amide bonds. The Labute approximate surface area is 190 Å². The number of sulfonamides is 1. The molecule has 0 aromatic carbocycles. The van der Waals surface area contributed by atoms with Crippen LogP contribution in [-0.4, -0.2) is 73.3 Å². The molecule has 3 rings (SSSR count). The monoisotopic (exact) mass is 472 g/mol. The van der Waals surface area contributed by atoms with Gasteiger partial charge in [-0.2, -0.15) is 4.31 Å². The summed E-state index contributed by atoms with van der Waals surface area (Å²) in [4.78, 5) is 13.9. The Hall–Kier alpha value is -1.14. The van der Waals surface area contributed by atoms with E-state index >= 15 is 0 Å². The van der Waals surface area contributed by atoms with Crippen molar-refractivity contribution < 1.29 is 27.3 Å². The summed E-state index contributed by atoms with van der Waals surface area (Å²) in [6.07, 6.45) is -0.421. The van der Waals surface area contributed by atoms with Crippen molar-refractivity contribution in [2.24, 2.45) is 0 Å². The summed E-state index contributed by atoms with van der Waals surface area (Å²) in [6, 6.07) is 2.99. The summed E-state index contributed by atoms with van der Waals surface area (Å²) in [5.74, 6) is 0. The van der Waals surface area contributed by atoms with Crippen molar-refractivity contribution in [3.05, 3.63) is 12.1 Å². The Kier molecular flexibility index (Phi) is 6.34. The van der Waals surface area contributed by atoms with E-state index in [1.54, 1.807) is 24.0 Å². The van der Waals surface area contributed by atoms with Gasteiger partial charge in [0.2, 0.25) is 0 Å². The number of ether oxygens (including phenoxy) is 1. The van der Waals surface area contributed by atoms with E-state index in [1.807, 2.05) is 48.5 Å². The molecule has 2 aliphatic heterocycles. The fourth-order valence-electron chi connectivity index (χ4n) is 3.46. The van der Waals surface area contributed by atoms with Gasteiger partial charge >= 0.3 is 13.2 Å². The predicted molar refractivity (Wildman–Crippen MR) is 121 cm³/mol. The third kappa shape index (κ3) is 4.95. The molecule has 1 aromatic rings. The number of rotatable bonds is 3. The number of hydrogen-bond donors (Lipinski definition) is 0. The van der Waals surface area contributed by atoms with E-state index in [2.05, 4.69) is 0 Å². The molecule has 0 unspecified atom stereocenters. The SMILES string of the molecule is C[C@@H]1CN(C(=O)OC(C)(C)C)CCN1S(=O)(=O)c1ccc(B2OC(C)(C)C(C)(C)O2)s1. The van der Waals surface area contributed by atoms with Gasteiger partial charge in [0.15, 0.2) is 0 Å². The fraction of sp³-hybridized carbons (Fsp3) is 0.750. The average molecular weight is 472 g/mol. The first-order chi connectivity index (χ1) is 14.0. The highest BCUT2D eigenvalue weighted by Gasteiger charge is 2.52. The maximum absolute atomic E-state index is 13.3. The molecular formula is C20H33BN2O6S2. The van der Waals surface area contributed by atoms with Crippen molar-refractivity contribution in [2.45, 2.75) is 82.4 Å². The normalized spacial score (nSPS) is 24.5. The van der Waals surface area contributed by atoms with Crippen LogP contribution in [0.1, 0.15) is 55.4 Å². The van der Waals surface area contributed by atoms with Crippen LogP contribution in [0.15, 0.2) is 16.3 Å². The molecule has 0 radical (unpaired) electrons. The Balaban J connectivity index is 1.72. The molecule has 0 spiro atoms. The number of carbonyl (C=O) groups excluding carboxylic acids is 1. The minimum atomic E-state index is -3.70. The second-order valence-corrected chi connectivity index (χ2v) is 13.4. The minimum absolute atomic E-state index is 0.215. The third-order valence-corrected chi connectivity index (χ3v) is 9.46. The van der Waals surface area contributed by atoms with Crippen molar-refractivity contribution in [3.8, 4) is 0 Å². The maximum Gasteiger partial charge on any atom is 0.505 e. The van der Waals surface area contributed by atoms with Crippen molar-refractivity contribution in [3.63, 3.8) is 0 Å². The highest BCUT2D eigenvalue weighted by Crippen LogP contribution is 2.37. The zero-order chi connectivity index (χ0) is 23.4. The van der Waals surface area contributed by atoms with Crippen LogP contribution in [0.3, 0.4) is 0 Å². The summed E-state index contributed by atoms with van der Waals surface area (Å²) >= 11 is 1.16. The number of hydrogen-bond acceptors (Lipinski definition) is 7. The minimum Gasteiger partial charge on any atom is -0.444 e. The standard InChI is InChI=1S/C20H33BN2O6S2/c1-14-13-22(17(24)27-18(2,3)4)11-12-23(14)31(25,26)16-10-9-15(30-16)21-28-19(5,6)20(7,8)29-21/h9-10,14H,11-13H2,1-8H3/t14-/m1/s1. The molecular weight excluding hydrogens is 439 g/mol. The fourth-order valence-corrected chi connectivity index (χ4v) is 6.49. The van der Waals surface area contributed by atoms with E-state index in [0.717, 1.165) is 16.1 Å². The van der Waals surface area contributed by atoms with Crippen LogP contribution >= 0.6 is 11.3 Å². The smallest absolute Gasteiger partial charge is 0.444 e. The highest BCUT2D eigenvalue weighted by molar-refractivity contribution is 7.91. The number of carbonyl (C=O) groups is 1. The van der Waals surface area contributed by atoms with Crippen molar-refractivity contribution in [2.75, 3.05) is 19.6 Å². The lowest BCUT2D eigenvalue weighted by molar-refractivity contribution is 0.00578. The topological polar surface area (TPSA) is 85.4 Å². The molecule has 0 aliphatic carbocycles. The van der Waals surface area contributed by atoms with Crippen molar-refractivity contribution >= 4 is 39.3 Å². The van der Waals surface area contributed by atoms with E-state index in [1.165, 1.54) is 4.31 Å². The van der Waals surface area contributed by atoms with Crippen molar-refractivity contribution in [1.29, 1.82) is 0 Å². The van der Waals surface area contributed by atoms with Gasteiger partial charge in [-0.15, -0.1) is 11.3 Å². The van der Waals surface area contributed by atoms with Gasteiger partial charge in [-0.1, -0.05) is 6.07 Å². The lowest BCUT2D eigenvalue weighted by atomic mass is 9.88. The molecule has 1 aromatic heterocycles. The molecule has 8 nitrogen and oxygen atoms in total. The van der Waals surface area contributed by atoms with Gasteiger partial charge in [0.25, 0.3) is 10.0 Å². The zero-order valence-electron chi connectivity index (χ0n) is 19.6. The summed E-state index contributed by atoms with van der Waals surface area (Å²) < 4.78 is 46.5. The van der Waals surface area contributed by atoms with Crippen LogP contribution in [0.2, 0.25) is 0 Å². The Morgan fingerprint density at radius 2 is 1.74 bits per heavy atom. The van der Waals surface area contributed by atoms with Crippen molar-refractivity contribution in [1.82, 2.24) is 9.21 Å². The van der Waals surface area contributed by atoms with E-state index in [4.69, 9.17) is 14.0 Å². The van der Waals surface area contributed by atoms with E-state index in [9.17, 15) is 13.2 Å². The van der Waals surface area contributed by atoms with Crippen LogP contribution < -0.4 is 4.78 Å². The molecule has 2 aliphatic rings. The average Bonchev–Trinajstić information content (AvgIpc) is 3.16. The van der Waals surface area contributed by atoms with Crippen LogP contribution in [0, 0.1) is 0 Å². The van der Waals surface area contributed by atoms with Gasteiger partial charge in [-0.25, -0.2) is 13.2 Å². The van der Waals surface area contributed by atoms with E-state index in [-0.39, 0.29) is 29.9 Å². The Morgan fingerprint density at radius 1 is 1.16 bits per heavy atom. The molecule has 174 valence electrons. The zero-order valence-corrected chi connectivity index (χ0v) is 21.2. The van der Waals surface area contributed by atoms with Gasteiger partial charge in [0.05, 0.1) is 11.2 Å².